The molecule has 3 N–H and O–H groups in total. The first-order chi connectivity index (χ1) is 9.42. The Balaban J connectivity index is 2.84. The van der Waals surface area contributed by atoms with Gasteiger partial charge >= 0.3 is 5.97 Å². The quantitative estimate of drug-likeness (QED) is 0.588. The molecular formula is C13H13ClN2O3S. The van der Waals surface area contributed by atoms with Crippen LogP contribution in [0.5, 0.6) is 0 Å². The van der Waals surface area contributed by atoms with Gasteiger partial charge in [0.25, 0.3) is 0 Å². The van der Waals surface area contributed by atoms with E-state index in [1.165, 1.54) is 6.08 Å². The van der Waals surface area contributed by atoms with E-state index in [0.717, 1.165) is 6.08 Å². The highest BCUT2D eigenvalue weighted by Crippen LogP contribution is 2.23. The van der Waals surface area contributed by atoms with Crippen LogP contribution in [0.2, 0.25) is 5.02 Å². The third-order valence-electron chi connectivity index (χ3n) is 2.23. The van der Waals surface area contributed by atoms with E-state index in [1.807, 2.05) is 0 Å². The minimum atomic E-state index is -1.04. The Morgan fingerprint density at radius 1 is 1.45 bits per heavy atom. The van der Waals surface area contributed by atoms with Crippen LogP contribution in [0.3, 0.4) is 0 Å². The molecule has 20 heavy (non-hydrogen) atoms. The van der Waals surface area contributed by atoms with Crippen molar-refractivity contribution in [2.45, 2.75) is 13.3 Å². The Kier molecular flexibility index (Phi) is 6.14. The first-order valence-corrected chi connectivity index (χ1v) is 6.52. The maximum atomic E-state index is 11.2. The van der Waals surface area contributed by atoms with Gasteiger partial charge in [-0.3, -0.25) is 4.79 Å². The SMILES string of the molecule is CCC(=O)NC(=S)Nc1cc(C=CC(=O)O)ccc1Cl. The zero-order chi connectivity index (χ0) is 15.1. The number of aliphatic carboxylic acids is 1. The van der Waals surface area contributed by atoms with Gasteiger partial charge in [0.05, 0.1) is 10.7 Å². The third kappa shape index (κ3) is 5.38. The van der Waals surface area contributed by atoms with Crippen molar-refractivity contribution in [3.05, 3.63) is 34.9 Å². The molecule has 0 spiro atoms. The predicted molar refractivity (Wildman–Crippen MR) is 82.8 cm³/mol. The number of thiocarbonyl (C=S) groups is 1. The molecule has 0 atom stereocenters. The predicted octanol–water partition coefficient (Wildman–Crippen LogP) is 2.66. The lowest BCUT2D eigenvalue weighted by Gasteiger charge is -2.11. The van der Waals surface area contributed by atoms with Gasteiger partial charge < -0.3 is 15.7 Å². The molecule has 0 aliphatic heterocycles. The molecule has 106 valence electrons. The van der Waals surface area contributed by atoms with Crippen LogP contribution in [0.25, 0.3) is 6.08 Å². The van der Waals surface area contributed by atoms with Gasteiger partial charge in [-0.05, 0) is 36.0 Å². The monoisotopic (exact) mass is 312 g/mol. The molecule has 0 saturated carbocycles. The molecule has 1 aromatic rings. The fraction of sp³-hybridized carbons (Fsp3) is 0.154. The summed E-state index contributed by atoms with van der Waals surface area (Å²) in [7, 11) is 0. The van der Waals surface area contributed by atoms with Gasteiger partial charge in [0.2, 0.25) is 5.91 Å². The molecule has 1 rings (SSSR count). The number of anilines is 1. The van der Waals surface area contributed by atoms with Gasteiger partial charge in [0, 0.05) is 12.5 Å². The second-order valence-electron chi connectivity index (χ2n) is 3.77. The number of nitrogens with one attached hydrogen (secondary N) is 2. The summed E-state index contributed by atoms with van der Waals surface area (Å²) in [6, 6.07) is 4.91. The topological polar surface area (TPSA) is 78.4 Å². The lowest BCUT2D eigenvalue weighted by Crippen LogP contribution is -2.33. The van der Waals surface area contributed by atoms with Crippen LogP contribution >= 0.6 is 23.8 Å². The van der Waals surface area contributed by atoms with Gasteiger partial charge in [0.15, 0.2) is 5.11 Å². The number of benzene rings is 1. The minimum Gasteiger partial charge on any atom is -0.478 e. The smallest absolute Gasteiger partial charge is 0.328 e. The zero-order valence-corrected chi connectivity index (χ0v) is 12.2. The van der Waals surface area contributed by atoms with Crippen LogP contribution in [0.4, 0.5) is 5.69 Å². The molecular weight excluding hydrogens is 300 g/mol. The first kappa shape index (κ1) is 16.1. The molecule has 7 heteroatoms. The molecule has 1 aromatic carbocycles. The molecule has 1 amide bonds. The van der Waals surface area contributed by atoms with Crippen LogP contribution in [-0.4, -0.2) is 22.1 Å². The molecule has 0 fully saturated rings. The maximum absolute atomic E-state index is 11.2. The molecule has 0 saturated heterocycles. The van der Waals surface area contributed by atoms with E-state index < -0.39 is 5.97 Å². The van der Waals surface area contributed by atoms with Crippen molar-refractivity contribution in [2.24, 2.45) is 0 Å². The zero-order valence-electron chi connectivity index (χ0n) is 10.6. The van der Waals surface area contributed by atoms with Crippen LogP contribution in [0, 0.1) is 0 Å². The lowest BCUT2D eigenvalue weighted by molar-refractivity contribution is -0.131. The molecule has 0 bridgehead atoms. The summed E-state index contributed by atoms with van der Waals surface area (Å²) in [6.45, 7) is 1.71. The normalized spacial score (nSPS) is 10.3. The van der Waals surface area contributed by atoms with Crippen molar-refractivity contribution in [1.82, 2.24) is 5.32 Å². The Morgan fingerprint density at radius 3 is 2.75 bits per heavy atom. The van der Waals surface area contributed by atoms with Crippen LogP contribution < -0.4 is 10.6 Å². The summed E-state index contributed by atoms with van der Waals surface area (Å²) in [5.41, 5.74) is 1.13. The van der Waals surface area contributed by atoms with E-state index in [1.54, 1.807) is 25.1 Å². The summed E-state index contributed by atoms with van der Waals surface area (Å²) in [4.78, 5) is 21.7. The fourth-order valence-corrected chi connectivity index (χ4v) is 1.67. The number of hydrogen-bond donors (Lipinski definition) is 3. The van der Waals surface area contributed by atoms with Gasteiger partial charge in [-0.1, -0.05) is 24.6 Å². The van der Waals surface area contributed by atoms with Gasteiger partial charge in [-0.2, -0.15) is 0 Å². The largest absolute Gasteiger partial charge is 0.478 e. The highest BCUT2D eigenvalue weighted by atomic mass is 35.5. The van der Waals surface area contributed by atoms with Gasteiger partial charge in [-0.15, -0.1) is 0 Å². The molecule has 0 heterocycles. The molecule has 0 unspecified atom stereocenters. The molecule has 0 radical (unpaired) electrons. The average molecular weight is 313 g/mol. The number of carbonyl (C=O) groups is 2. The number of amides is 1. The van der Waals surface area contributed by atoms with E-state index in [2.05, 4.69) is 10.6 Å². The van der Waals surface area contributed by atoms with E-state index in [0.29, 0.717) is 22.7 Å². The summed E-state index contributed by atoms with van der Waals surface area (Å²) < 4.78 is 0. The van der Waals surface area contributed by atoms with E-state index >= 15 is 0 Å². The van der Waals surface area contributed by atoms with Crippen LogP contribution in [-0.2, 0) is 9.59 Å². The lowest BCUT2D eigenvalue weighted by atomic mass is 10.2. The van der Waals surface area contributed by atoms with E-state index in [9.17, 15) is 9.59 Å². The van der Waals surface area contributed by atoms with Gasteiger partial charge in [0.1, 0.15) is 0 Å². The Morgan fingerprint density at radius 2 is 2.15 bits per heavy atom. The fourth-order valence-electron chi connectivity index (χ4n) is 1.28. The number of halogens is 1. The van der Waals surface area contributed by atoms with Gasteiger partial charge in [-0.25, -0.2) is 4.79 Å². The second kappa shape index (κ2) is 7.62. The second-order valence-corrected chi connectivity index (χ2v) is 4.58. The number of rotatable bonds is 4. The standard InChI is InChI=1S/C13H13ClN2O3S/c1-2-11(17)16-13(20)15-10-7-8(3-5-9(10)14)4-6-12(18)19/h3-7H,2H2,1H3,(H,18,19)(H2,15,16,17,20). The molecule has 0 aromatic heterocycles. The molecule has 0 aliphatic rings. The number of carboxylic acids is 1. The molecule has 5 nitrogen and oxygen atoms in total. The highest BCUT2D eigenvalue weighted by molar-refractivity contribution is 7.80. The molecule has 0 aliphatic carbocycles. The summed E-state index contributed by atoms with van der Waals surface area (Å²) in [6.07, 6.45) is 2.76. The average Bonchev–Trinajstić information content (AvgIpc) is 2.39. The Bertz CT molecular complexity index is 573. The van der Waals surface area contributed by atoms with Crippen LogP contribution in [0.15, 0.2) is 24.3 Å². The summed E-state index contributed by atoms with van der Waals surface area (Å²) in [5, 5.41) is 14.4. The van der Waals surface area contributed by atoms with E-state index in [-0.39, 0.29) is 11.0 Å². The van der Waals surface area contributed by atoms with Crippen molar-refractivity contribution in [2.75, 3.05) is 5.32 Å². The summed E-state index contributed by atoms with van der Waals surface area (Å²) >= 11 is 11.0. The minimum absolute atomic E-state index is 0.137. The third-order valence-corrected chi connectivity index (χ3v) is 2.76. The number of hydrogen-bond acceptors (Lipinski definition) is 3. The Hall–Kier alpha value is -1.92. The van der Waals surface area contributed by atoms with E-state index in [4.69, 9.17) is 28.9 Å². The van der Waals surface area contributed by atoms with Crippen molar-refractivity contribution < 1.29 is 14.7 Å². The maximum Gasteiger partial charge on any atom is 0.328 e. The van der Waals surface area contributed by atoms with Crippen molar-refractivity contribution in [3.63, 3.8) is 0 Å². The summed E-state index contributed by atoms with van der Waals surface area (Å²) in [5.74, 6) is -1.25. The van der Waals surface area contributed by atoms with Crippen molar-refractivity contribution in [1.29, 1.82) is 0 Å². The Labute approximate surface area is 126 Å². The highest BCUT2D eigenvalue weighted by Gasteiger charge is 2.06. The van der Waals surface area contributed by atoms with Crippen molar-refractivity contribution in [3.8, 4) is 0 Å². The first-order valence-electron chi connectivity index (χ1n) is 5.73. The van der Waals surface area contributed by atoms with Crippen molar-refractivity contribution >= 4 is 52.6 Å². The number of carboxylic acid groups (broad SMARTS) is 1. The van der Waals surface area contributed by atoms with Crippen LogP contribution in [0.1, 0.15) is 18.9 Å². The number of carbonyl (C=O) groups excluding carboxylic acids is 1.